The van der Waals surface area contributed by atoms with Gasteiger partial charge in [0.25, 0.3) is 0 Å². The Hall–Kier alpha value is -1.70. The van der Waals surface area contributed by atoms with Gasteiger partial charge in [-0.15, -0.1) is 24.0 Å². The minimum absolute atomic E-state index is 0. The van der Waals surface area contributed by atoms with Crippen LogP contribution in [0.1, 0.15) is 16.7 Å². The average Bonchev–Trinajstić information content (AvgIpc) is 2.56. The van der Waals surface area contributed by atoms with Crippen molar-refractivity contribution < 1.29 is 4.39 Å². The van der Waals surface area contributed by atoms with Crippen molar-refractivity contribution in [2.75, 3.05) is 20.1 Å². The first-order valence-corrected chi connectivity index (χ1v) is 7.77. The number of guanidine groups is 1. The van der Waals surface area contributed by atoms with Gasteiger partial charge in [-0.1, -0.05) is 12.1 Å². The molecule has 0 bridgehead atoms. The Morgan fingerprint density at radius 1 is 1.17 bits per heavy atom. The average molecular weight is 442 g/mol. The molecule has 24 heavy (non-hydrogen) atoms. The zero-order chi connectivity index (χ0) is 16.5. The molecule has 0 saturated heterocycles. The number of aryl methyl sites for hydroxylation is 1. The summed E-state index contributed by atoms with van der Waals surface area (Å²) in [5.74, 6) is 0.584. The zero-order valence-corrected chi connectivity index (χ0v) is 16.4. The molecule has 2 aromatic rings. The maximum atomic E-state index is 13.1. The molecule has 0 atom stereocenters. The molecule has 0 saturated carbocycles. The lowest BCUT2D eigenvalue weighted by Gasteiger charge is -2.12. The highest BCUT2D eigenvalue weighted by Crippen LogP contribution is 2.10. The Balaban J connectivity index is 0.00000288. The van der Waals surface area contributed by atoms with Crippen molar-refractivity contribution in [2.24, 2.45) is 4.99 Å². The molecule has 6 heteroatoms. The Morgan fingerprint density at radius 2 is 1.92 bits per heavy atom. The number of hydrogen-bond donors (Lipinski definition) is 2. The van der Waals surface area contributed by atoms with Gasteiger partial charge in [-0.05, 0) is 54.7 Å². The predicted molar refractivity (Wildman–Crippen MR) is 108 cm³/mol. The smallest absolute Gasteiger partial charge is 0.190 e. The molecule has 2 N–H and O–H groups in total. The molecule has 1 heterocycles. The second-order valence-electron chi connectivity index (χ2n) is 5.36. The van der Waals surface area contributed by atoms with Gasteiger partial charge in [0.2, 0.25) is 0 Å². The van der Waals surface area contributed by atoms with Gasteiger partial charge in [0.1, 0.15) is 5.82 Å². The third-order valence-corrected chi connectivity index (χ3v) is 3.64. The highest BCUT2D eigenvalue weighted by molar-refractivity contribution is 14.0. The van der Waals surface area contributed by atoms with E-state index >= 15 is 0 Å². The Morgan fingerprint density at radius 3 is 2.54 bits per heavy atom. The molecule has 0 amide bonds. The van der Waals surface area contributed by atoms with E-state index in [2.05, 4.69) is 26.7 Å². The van der Waals surface area contributed by atoms with E-state index in [0.717, 1.165) is 43.0 Å². The number of aromatic nitrogens is 1. The van der Waals surface area contributed by atoms with Gasteiger partial charge < -0.3 is 10.6 Å². The van der Waals surface area contributed by atoms with Crippen LogP contribution in [0.15, 0.2) is 47.7 Å². The summed E-state index contributed by atoms with van der Waals surface area (Å²) in [6.45, 7) is 3.47. The molecular weight excluding hydrogens is 418 g/mol. The maximum Gasteiger partial charge on any atom is 0.190 e. The molecule has 0 aliphatic rings. The fourth-order valence-electron chi connectivity index (χ4n) is 2.35. The van der Waals surface area contributed by atoms with Crippen LogP contribution in [0.3, 0.4) is 0 Å². The zero-order valence-electron chi connectivity index (χ0n) is 14.1. The summed E-state index contributed by atoms with van der Waals surface area (Å²) in [5.41, 5.74) is 3.31. The van der Waals surface area contributed by atoms with E-state index in [1.165, 1.54) is 11.6 Å². The topological polar surface area (TPSA) is 49.3 Å². The van der Waals surface area contributed by atoms with E-state index in [0.29, 0.717) is 0 Å². The number of rotatable bonds is 6. The van der Waals surface area contributed by atoms with Crippen LogP contribution in [0.4, 0.5) is 4.39 Å². The van der Waals surface area contributed by atoms with Crippen molar-refractivity contribution in [1.82, 2.24) is 15.6 Å². The van der Waals surface area contributed by atoms with E-state index in [-0.39, 0.29) is 29.8 Å². The highest BCUT2D eigenvalue weighted by atomic mass is 127. The lowest BCUT2D eigenvalue weighted by Crippen LogP contribution is -2.39. The fraction of sp³-hybridized carbons (Fsp3) is 0.333. The summed E-state index contributed by atoms with van der Waals surface area (Å²) in [4.78, 5) is 8.31. The molecule has 4 nitrogen and oxygen atoms in total. The van der Waals surface area contributed by atoms with E-state index in [4.69, 9.17) is 0 Å². The molecule has 0 radical (unpaired) electrons. The van der Waals surface area contributed by atoms with Crippen molar-refractivity contribution in [3.05, 3.63) is 65.2 Å². The van der Waals surface area contributed by atoms with Crippen LogP contribution in [-0.4, -0.2) is 31.1 Å². The summed E-state index contributed by atoms with van der Waals surface area (Å²) in [6, 6.07) is 8.90. The van der Waals surface area contributed by atoms with E-state index in [1.54, 1.807) is 19.3 Å². The number of hydrogen-bond acceptors (Lipinski definition) is 2. The van der Waals surface area contributed by atoms with Crippen LogP contribution < -0.4 is 10.6 Å². The summed E-state index contributed by atoms with van der Waals surface area (Å²) in [7, 11) is 1.75. The van der Waals surface area contributed by atoms with Crippen molar-refractivity contribution in [2.45, 2.75) is 19.8 Å². The first kappa shape index (κ1) is 20.3. The third kappa shape index (κ3) is 6.82. The fourth-order valence-corrected chi connectivity index (χ4v) is 2.35. The highest BCUT2D eigenvalue weighted by Gasteiger charge is 2.02. The van der Waals surface area contributed by atoms with Crippen LogP contribution in [0.25, 0.3) is 0 Å². The SMILES string of the molecule is CN=C(NCCc1cccnc1)NCCc1ccc(F)cc1C.I. The molecule has 1 aromatic heterocycles. The molecule has 2 rings (SSSR count). The second kappa shape index (κ2) is 11.0. The minimum Gasteiger partial charge on any atom is -0.356 e. The monoisotopic (exact) mass is 442 g/mol. The Bertz CT molecular complexity index is 647. The predicted octanol–water partition coefficient (Wildman–Crippen LogP) is 3.10. The van der Waals surface area contributed by atoms with E-state index in [9.17, 15) is 4.39 Å². The molecule has 130 valence electrons. The molecule has 1 aromatic carbocycles. The van der Waals surface area contributed by atoms with Gasteiger partial charge in [-0.3, -0.25) is 9.98 Å². The lowest BCUT2D eigenvalue weighted by atomic mass is 10.1. The second-order valence-corrected chi connectivity index (χ2v) is 5.36. The van der Waals surface area contributed by atoms with E-state index < -0.39 is 0 Å². The number of pyridine rings is 1. The largest absolute Gasteiger partial charge is 0.356 e. The van der Waals surface area contributed by atoms with Crippen LogP contribution in [0.5, 0.6) is 0 Å². The summed E-state index contributed by atoms with van der Waals surface area (Å²) in [6.07, 6.45) is 5.37. The van der Waals surface area contributed by atoms with Gasteiger partial charge >= 0.3 is 0 Å². The normalized spacial score (nSPS) is 10.9. The Kier molecular flexibility index (Phi) is 9.29. The van der Waals surface area contributed by atoms with Crippen molar-refractivity contribution >= 4 is 29.9 Å². The van der Waals surface area contributed by atoms with Crippen molar-refractivity contribution in [3.8, 4) is 0 Å². The van der Waals surface area contributed by atoms with Crippen molar-refractivity contribution in [3.63, 3.8) is 0 Å². The minimum atomic E-state index is -0.188. The van der Waals surface area contributed by atoms with Gasteiger partial charge in [-0.2, -0.15) is 0 Å². The maximum absolute atomic E-state index is 13.1. The van der Waals surface area contributed by atoms with E-state index in [1.807, 2.05) is 25.3 Å². The first-order valence-electron chi connectivity index (χ1n) is 7.77. The van der Waals surface area contributed by atoms with Crippen LogP contribution in [-0.2, 0) is 12.8 Å². The molecule has 0 spiro atoms. The summed E-state index contributed by atoms with van der Waals surface area (Å²) < 4.78 is 13.1. The van der Waals surface area contributed by atoms with Crippen LogP contribution in [0.2, 0.25) is 0 Å². The molecule has 0 fully saturated rings. The summed E-state index contributed by atoms with van der Waals surface area (Å²) >= 11 is 0. The number of halogens is 2. The summed E-state index contributed by atoms with van der Waals surface area (Å²) in [5, 5.41) is 6.55. The number of nitrogens with zero attached hydrogens (tertiary/aromatic N) is 2. The Labute approximate surface area is 160 Å². The lowest BCUT2D eigenvalue weighted by molar-refractivity contribution is 0.625. The third-order valence-electron chi connectivity index (χ3n) is 3.64. The van der Waals surface area contributed by atoms with Gasteiger partial charge in [-0.25, -0.2) is 4.39 Å². The standard InChI is InChI=1S/C18H23FN4.HI/c1-14-12-17(19)6-5-16(14)8-11-23-18(20-2)22-10-7-15-4-3-9-21-13-15;/h3-6,9,12-13H,7-8,10-11H2,1-2H3,(H2,20,22,23);1H. The number of aliphatic imine (C=N–C) groups is 1. The molecular formula is C18H24FIN4. The quantitative estimate of drug-likeness (QED) is 0.411. The van der Waals surface area contributed by atoms with Gasteiger partial charge in [0, 0.05) is 32.5 Å². The van der Waals surface area contributed by atoms with Gasteiger partial charge in [0.15, 0.2) is 5.96 Å². The van der Waals surface area contributed by atoms with Crippen molar-refractivity contribution in [1.29, 1.82) is 0 Å². The van der Waals surface area contributed by atoms with Gasteiger partial charge in [0.05, 0.1) is 0 Å². The molecule has 0 unspecified atom stereocenters. The molecule has 0 aliphatic heterocycles. The molecule has 0 aliphatic carbocycles. The van der Waals surface area contributed by atoms with Crippen LogP contribution in [0, 0.1) is 12.7 Å². The van der Waals surface area contributed by atoms with Crippen LogP contribution >= 0.6 is 24.0 Å². The number of nitrogens with one attached hydrogen (secondary N) is 2. The number of benzene rings is 1. The first-order chi connectivity index (χ1) is 11.2.